The van der Waals surface area contributed by atoms with Crippen LogP contribution in [0.2, 0.25) is 0 Å². The molecule has 3 nitrogen and oxygen atoms in total. The van der Waals surface area contributed by atoms with E-state index >= 15 is 0 Å². The maximum atomic E-state index is 12.1. The zero-order valence-electron chi connectivity index (χ0n) is 9.27. The van der Waals surface area contributed by atoms with Gasteiger partial charge in [-0.1, -0.05) is 18.2 Å². The van der Waals surface area contributed by atoms with Crippen molar-refractivity contribution in [1.82, 2.24) is 0 Å². The molecular weight excluding hydrogens is 214 g/mol. The maximum absolute atomic E-state index is 12.1. The molecule has 0 saturated heterocycles. The van der Waals surface area contributed by atoms with E-state index in [0.717, 1.165) is 18.4 Å². The van der Waals surface area contributed by atoms with Gasteiger partial charge in [0.1, 0.15) is 5.75 Å². The van der Waals surface area contributed by atoms with Crippen molar-refractivity contribution >= 4 is 5.97 Å². The van der Waals surface area contributed by atoms with Crippen molar-refractivity contribution in [2.24, 2.45) is 11.3 Å². The molecule has 2 aliphatic carbocycles. The third-order valence-corrected chi connectivity index (χ3v) is 5.01. The zero-order valence-corrected chi connectivity index (χ0v) is 9.27. The molecule has 2 fully saturated rings. The average Bonchev–Trinajstić information content (AvgIpc) is 2.34. The van der Waals surface area contributed by atoms with Crippen LogP contribution in [0, 0.1) is 22.7 Å². The van der Waals surface area contributed by atoms with E-state index in [4.69, 9.17) is 4.74 Å². The molecule has 0 aromatic heterocycles. The van der Waals surface area contributed by atoms with Crippen LogP contribution in [-0.4, -0.2) is 5.97 Å². The van der Waals surface area contributed by atoms with Crippen molar-refractivity contribution in [3.05, 3.63) is 29.8 Å². The zero-order chi connectivity index (χ0) is 11.7. The number of hydrogen-bond donors (Lipinski definition) is 0. The van der Waals surface area contributed by atoms with E-state index in [-0.39, 0.29) is 11.4 Å². The maximum Gasteiger partial charge on any atom is 0.332 e. The van der Waals surface area contributed by atoms with E-state index in [9.17, 15) is 10.1 Å². The second-order valence-electron chi connectivity index (χ2n) is 5.31. The fourth-order valence-electron chi connectivity index (χ4n) is 4.05. The summed E-state index contributed by atoms with van der Waals surface area (Å²) in [5, 5.41) is 9.43. The Balaban J connectivity index is 2.01. The smallest absolute Gasteiger partial charge is 0.332 e. The first-order valence-corrected chi connectivity index (χ1v) is 5.98. The molecule has 1 aromatic rings. The van der Waals surface area contributed by atoms with Crippen molar-refractivity contribution in [2.45, 2.75) is 24.7 Å². The molecule has 0 radical (unpaired) electrons. The highest BCUT2D eigenvalue weighted by Gasteiger charge is 2.77. The van der Waals surface area contributed by atoms with Gasteiger partial charge in [0, 0.05) is 11.0 Å². The Labute approximate surface area is 99.0 Å². The fraction of sp³-hybridized carbons (Fsp3) is 0.429. The molecule has 0 bridgehead atoms. The molecule has 1 aromatic carbocycles. The van der Waals surface area contributed by atoms with Gasteiger partial charge < -0.3 is 4.74 Å². The molecular formula is C14H11NO2. The Kier molecular flexibility index (Phi) is 1.38. The number of hydrogen-bond acceptors (Lipinski definition) is 3. The summed E-state index contributed by atoms with van der Waals surface area (Å²) in [7, 11) is 0. The summed E-state index contributed by atoms with van der Waals surface area (Å²) in [5.41, 5.74) is -0.0542. The molecule has 17 heavy (non-hydrogen) atoms. The van der Waals surface area contributed by atoms with E-state index < -0.39 is 5.41 Å². The van der Waals surface area contributed by atoms with Gasteiger partial charge in [-0.2, -0.15) is 5.26 Å². The van der Waals surface area contributed by atoms with Gasteiger partial charge in [0.15, 0.2) is 5.41 Å². The minimum atomic E-state index is -0.899. The van der Waals surface area contributed by atoms with E-state index in [1.54, 1.807) is 0 Å². The van der Waals surface area contributed by atoms with E-state index in [0.29, 0.717) is 18.1 Å². The van der Waals surface area contributed by atoms with Crippen LogP contribution in [0.3, 0.4) is 0 Å². The molecule has 0 N–H and O–H groups in total. The second kappa shape index (κ2) is 2.53. The third-order valence-electron chi connectivity index (χ3n) is 5.01. The number of carbonyl (C=O) groups excluding carboxylic acids is 1. The first-order valence-electron chi connectivity index (χ1n) is 5.98. The van der Waals surface area contributed by atoms with Crippen LogP contribution in [0.25, 0.3) is 0 Å². The summed E-state index contributed by atoms with van der Waals surface area (Å²) in [6, 6.07) is 9.93. The highest BCUT2D eigenvalue weighted by atomic mass is 16.5. The molecule has 3 heteroatoms. The lowest BCUT2D eigenvalue weighted by molar-refractivity contribution is -0.183. The van der Waals surface area contributed by atoms with Gasteiger partial charge in [-0.15, -0.1) is 0 Å². The van der Waals surface area contributed by atoms with Crippen molar-refractivity contribution < 1.29 is 9.53 Å². The standard InChI is InChI=1S/C14H11NO2/c15-8-13-7-9-5-6-14(9,13)10-3-1-2-4-11(10)17-12(13)16/h1-4,9H,5-7H2. The molecule has 2 saturated carbocycles. The lowest BCUT2D eigenvalue weighted by atomic mass is 9.33. The van der Waals surface area contributed by atoms with Crippen molar-refractivity contribution in [3.63, 3.8) is 0 Å². The van der Waals surface area contributed by atoms with Crippen molar-refractivity contribution in [2.75, 3.05) is 0 Å². The van der Waals surface area contributed by atoms with Gasteiger partial charge in [0.25, 0.3) is 0 Å². The summed E-state index contributed by atoms with van der Waals surface area (Å²) in [6.45, 7) is 0. The summed E-state index contributed by atoms with van der Waals surface area (Å²) >= 11 is 0. The van der Waals surface area contributed by atoms with Crippen molar-refractivity contribution in [3.8, 4) is 11.8 Å². The lowest BCUT2D eigenvalue weighted by Gasteiger charge is -2.68. The summed E-state index contributed by atoms with van der Waals surface area (Å²) in [4.78, 5) is 12.1. The monoisotopic (exact) mass is 225 g/mol. The van der Waals surface area contributed by atoms with E-state index in [2.05, 4.69) is 6.07 Å². The molecule has 3 atom stereocenters. The molecule has 84 valence electrons. The van der Waals surface area contributed by atoms with Gasteiger partial charge in [-0.05, 0) is 31.2 Å². The highest BCUT2D eigenvalue weighted by molar-refractivity contribution is 5.90. The van der Waals surface area contributed by atoms with Gasteiger partial charge >= 0.3 is 5.97 Å². The predicted molar refractivity (Wildman–Crippen MR) is 59.1 cm³/mol. The lowest BCUT2D eigenvalue weighted by Crippen LogP contribution is -2.72. The molecule has 1 spiro atoms. The Morgan fingerprint density at radius 3 is 2.88 bits per heavy atom. The fourth-order valence-corrected chi connectivity index (χ4v) is 4.05. The van der Waals surface area contributed by atoms with E-state index in [1.165, 1.54) is 0 Å². The molecule has 4 rings (SSSR count). The van der Waals surface area contributed by atoms with Gasteiger partial charge in [-0.3, -0.25) is 0 Å². The number of benzene rings is 1. The van der Waals surface area contributed by atoms with Crippen LogP contribution in [0.15, 0.2) is 24.3 Å². The Bertz CT molecular complexity index is 588. The van der Waals surface area contributed by atoms with Crippen LogP contribution in [0.4, 0.5) is 0 Å². The summed E-state index contributed by atoms with van der Waals surface area (Å²) in [5.74, 6) is 0.818. The van der Waals surface area contributed by atoms with Crippen LogP contribution >= 0.6 is 0 Å². The minimum absolute atomic E-state index is 0.228. The number of ether oxygens (including phenoxy) is 1. The summed E-state index contributed by atoms with van der Waals surface area (Å²) in [6.07, 6.45) is 2.75. The minimum Gasteiger partial charge on any atom is -0.425 e. The number of rotatable bonds is 0. The van der Waals surface area contributed by atoms with Crippen LogP contribution in [0.5, 0.6) is 5.75 Å². The molecule has 3 aliphatic rings. The number of carbonyl (C=O) groups is 1. The first kappa shape index (κ1) is 9.23. The highest BCUT2D eigenvalue weighted by Crippen LogP contribution is 2.74. The van der Waals surface area contributed by atoms with Gasteiger partial charge in [0.2, 0.25) is 0 Å². The normalized spacial score (nSPS) is 40.6. The van der Waals surface area contributed by atoms with Crippen LogP contribution < -0.4 is 4.74 Å². The van der Waals surface area contributed by atoms with E-state index in [1.807, 2.05) is 24.3 Å². The first-order chi connectivity index (χ1) is 8.24. The number of nitriles is 1. The SMILES string of the molecule is N#CC12CC3CCC31c1ccccc1OC2=O. The van der Waals surface area contributed by atoms with Crippen LogP contribution in [0.1, 0.15) is 24.8 Å². The Morgan fingerprint density at radius 2 is 2.24 bits per heavy atom. The van der Waals surface area contributed by atoms with Crippen molar-refractivity contribution in [1.29, 1.82) is 5.26 Å². The van der Waals surface area contributed by atoms with Crippen LogP contribution in [-0.2, 0) is 10.2 Å². The van der Waals surface area contributed by atoms with Gasteiger partial charge in [0.05, 0.1) is 6.07 Å². The second-order valence-corrected chi connectivity index (χ2v) is 5.31. The Morgan fingerprint density at radius 1 is 1.41 bits per heavy atom. The number of esters is 1. The topological polar surface area (TPSA) is 50.1 Å². The number of nitrogens with zero attached hydrogens (tertiary/aromatic N) is 1. The predicted octanol–water partition coefficient (Wildman–Crippen LogP) is 2.17. The number of fused-ring (bicyclic) bond motifs is 1. The molecule has 1 heterocycles. The summed E-state index contributed by atoms with van der Waals surface area (Å²) < 4.78 is 5.35. The number of para-hydroxylation sites is 1. The quantitative estimate of drug-likeness (QED) is 0.502. The molecule has 1 aliphatic heterocycles. The molecule has 3 unspecified atom stereocenters. The largest absolute Gasteiger partial charge is 0.425 e. The Hall–Kier alpha value is -1.82. The third kappa shape index (κ3) is 0.717. The molecule has 0 amide bonds. The van der Waals surface area contributed by atoms with Gasteiger partial charge in [-0.25, -0.2) is 4.79 Å². The average molecular weight is 225 g/mol.